The molecular formula is C22H29N3O2. The van der Waals surface area contributed by atoms with Gasteiger partial charge in [0.2, 0.25) is 0 Å². The van der Waals surface area contributed by atoms with Gasteiger partial charge in [0.15, 0.2) is 0 Å². The first-order valence-electron chi connectivity index (χ1n) is 9.77. The minimum absolute atomic E-state index is 0.140. The molecule has 1 aromatic heterocycles. The normalized spacial score (nSPS) is 16.9. The molecule has 0 amide bonds. The van der Waals surface area contributed by atoms with Gasteiger partial charge in [-0.15, -0.1) is 0 Å². The Morgan fingerprint density at radius 3 is 2.74 bits per heavy atom. The summed E-state index contributed by atoms with van der Waals surface area (Å²) in [5.74, 6) is 0.439. The fraction of sp³-hybridized carbons (Fsp3) is 0.455. The molecule has 0 aliphatic carbocycles. The van der Waals surface area contributed by atoms with Crippen LogP contribution in [0.25, 0.3) is 0 Å². The number of pyridine rings is 1. The third kappa shape index (κ3) is 4.86. The summed E-state index contributed by atoms with van der Waals surface area (Å²) in [5.41, 5.74) is 1.88. The second kappa shape index (κ2) is 9.00. The van der Waals surface area contributed by atoms with Crippen LogP contribution in [-0.4, -0.2) is 47.6 Å². The lowest BCUT2D eigenvalue weighted by molar-refractivity contribution is 0.0378. The Morgan fingerprint density at radius 2 is 2.04 bits per heavy atom. The van der Waals surface area contributed by atoms with Gasteiger partial charge in [0.1, 0.15) is 11.4 Å². The molecule has 1 saturated heterocycles. The third-order valence-electron chi connectivity index (χ3n) is 4.96. The lowest BCUT2D eigenvalue weighted by atomic mass is 10.1. The minimum Gasteiger partial charge on any atom is -0.459 e. The largest absolute Gasteiger partial charge is 0.459 e. The smallest absolute Gasteiger partial charge is 0.342 e. The second-order valence-corrected chi connectivity index (χ2v) is 7.27. The van der Waals surface area contributed by atoms with Gasteiger partial charge in [-0.25, -0.2) is 9.78 Å². The molecule has 1 fully saturated rings. The predicted molar refractivity (Wildman–Crippen MR) is 108 cm³/mol. The SMILES string of the molecule is CCN(Cc1ccccc1)[C@@H]1CCN(c2ncccc2C(=O)OC(C)C)C1. The molecule has 0 saturated carbocycles. The number of hydrogen-bond donors (Lipinski definition) is 0. The summed E-state index contributed by atoms with van der Waals surface area (Å²) in [4.78, 5) is 21.7. The summed E-state index contributed by atoms with van der Waals surface area (Å²) in [6, 6.07) is 14.6. The number of likely N-dealkylation sites (N-methyl/N-ethyl adjacent to an activating group) is 1. The molecule has 144 valence electrons. The van der Waals surface area contributed by atoms with Crippen LogP contribution in [0.15, 0.2) is 48.7 Å². The molecule has 0 radical (unpaired) electrons. The van der Waals surface area contributed by atoms with E-state index in [1.54, 1.807) is 12.3 Å². The fourth-order valence-electron chi connectivity index (χ4n) is 3.64. The van der Waals surface area contributed by atoms with Gasteiger partial charge in [0, 0.05) is 31.9 Å². The number of rotatable bonds is 7. The maximum absolute atomic E-state index is 12.4. The molecule has 1 aliphatic heterocycles. The van der Waals surface area contributed by atoms with E-state index in [9.17, 15) is 4.79 Å². The summed E-state index contributed by atoms with van der Waals surface area (Å²) < 4.78 is 5.39. The maximum Gasteiger partial charge on any atom is 0.342 e. The molecule has 0 unspecified atom stereocenters. The molecule has 5 heteroatoms. The van der Waals surface area contributed by atoms with Crippen LogP contribution in [-0.2, 0) is 11.3 Å². The minimum atomic E-state index is -0.298. The van der Waals surface area contributed by atoms with Gasteiger partial charge in [0.25, 0.3) is 0 Å². The number of anilines is 1. The summed E-state index contributed by atoms with van der Waals surface area (Å²) in [5, 5.41) is 0. The summed E-state index contributed by atoms with van der Waals surface area (Å²) in [6.07, 6.45) is 2.67. The van der Waals surface area contributed by atoms with E-state index in [0.29, 0.717) is 11.6 Å². The highest BCUT2D eigenvalue weighted by Crippen LogP contribution is 2.26. The van der Waals surface area contributed by atoms with Crippen molar-refractivity contribution < 1.29 is 9.53 Å². The molecular weight excluding hydrogens is 338 g/mol. The van der Waals surface area contributed by atoms with E-state index in [0.717, 1.165) is 38.4 Å². The molecule has 3 rings (SSSR count). The Morgan fingerprint density at radius 1 is 1.26 bits per heavy atom. The standard InChI is InChI=1S/C22H29N3O2/c1-4-24(15-18-9-6-5-7-10-18)19-12-14-25(16-19)21-20(11-8-13-23-21)22(26)27-17(2)3/h5-11,13,17,19H,4,12,14-16H2,1-3H3/t19-/m1/s1. The number of carbonyl (C=O) groups excluding carboxylic acids is 1. The summed E-state index contributed by atoms with van der Waals surface area (Å²) >= 11 is 0. The lowest BCUT2D eigenvalue weighted by Crippen LogP contribution is -2.37. The van der Waals surface area contributed by atoms with Crippen LogP contribution in [0.5, 0.6) is 0 Å². The van der Waals surface area contributed by atoms with E-state index in [1.165, 1.54) is 5.56 Å². The van der Waals surface area contributed by atoms with Crippen molar-refractivity contribution in [3.8, 4) is 0 Å². The number of aromatic nitrogens is 1. The van der Waals surface area contributed by atoms with E-state index in [4.69, 9.17) is 4.74 Å². The molecule has 0 N–H and O–H groups in total. The van der Waals surface area contributed by atoms with Crippen molar-refractivity contribution in [2.75, 3.05) is 24.5 Å². The molecule has 5 nitrogen and oxygen atoms in total. The number of carbonyl (C=O) groups is 1. The van der Waals surface area contributed by atoms with Gasteiger partial charge in [-0.05, 0) is 44.5 Å². The monoisotopic (exact) mass is 367 g/mol. The van der Waals surface area contributed by atoms with E-state index in [1.807, 2.05) is 19.9 Å². The van der Waals surface area contributed by atoms with Crippen LogP contribution in [0.2, 0.25) is 0 Å². The topological polar surface area (TPSA) is 45.7 Å². The fourth-order valence-corrected chi connectivity index (χ4v) is 3.64. The van der Waals surface area contributed by atoms with Gasteiger partial charge < -0.3 is 9.64 Å². The Hall–Kier alpha value is -2.40. The van der Waals surface area contributed by atoms with Crippen molar-refractivity contribution in [3.05, 3.63) is 59.8 Å². The number of hydrogen-bond acceptors (Lipinski definition) is 5. The molecule has 0 bridgehead atoms. The van der Waals surface area contributed by atoms with Crippen LogP contribution in [0.1, 0.15) is 43.1 Å². The first-order chi connectivity index (χ1) is 13.1. The molecule has 27 heavy (non-hydrogen) atoms. The number of ether oxygens (including phenoxy) is 1. The van der Waals surface area contributed by atoms with Crippen LogP contribution in [0.4, 0.5) is 5.82 Å². The Bertz CT molecular complexity index is 748. The quantitative estimate of drug-likeness (QED) is 0.698. The van der Waals surface area contributed by atoms with Crippen LogP contribution in [0.3, 0.4) is 0 Å². The zero-order valence-corrected chi connectivity index (χ0v) is 16.5. The molecule has 1 aliphatic rings. The predicted octanol–water partition coefficient (Wildman–Crippen LogP) is 3.75. The highest BCUT2D eigenvalue weighted by atomic mass is 16.5. The highest BCUT2D eigenvalue weighted by Gasteiger charge is 2.30. The highest BCUT2D eigenvalue weighted by molar-refractivity contribution is 5.94. The molecule has 0 spiro atoms. The Kier molecular flexibility index (Phi) is 6.45. The number of esters is 1. The summed E-state index contributed by atoms with van der Waals surface area (Å²) in [6.45, 7) is 9.65. The van der Waals surface area contributed by atoms with Crippen molar-refractivity contribution in [3.63, 3.8) is 0 Å². The zero-order valence-electron chi connectivity index (χ0n) is 16.5. The van der Waals surface area contributed by atoms with Crippen molar-refractivity contribution in [1.29, 1.82) is 0 Å². The Balaban J connectivity index is 1.71. The summed E-state index contributed by atoms with van der Waals surface area (Å²) in [7, 11) is 0. The van der Waals surface area contributed by atoms with Gasteiger partial charge in [-0.1, -0.05) is 37.3 Å². The number of nitrogens with zero attached hydrogens (tertiary/aromatic N) is 3. The third-order valence-corrected chi connectivity index (χ3v) is 4.96. The van der Waals surface area contributed by atoms with Gasteiger partial charge in [0.05, 0.1) is 6.10 Å². The van der Waals surface area contributed by atoms with E-state index in [2.05, 4.69) is 52.0 Å². The maximum atomic E-state index is 12.4. The second-order valence-electron chi connectivity index (χ2n) is 7.27. The Labute approximate surface area is 162 Å². The average molecular weight is 367 g/mol. The lowest BCUT2D eigenvalue weighted by Gasteiger charge is -2.28. The molecule has 2 heterocycles. The van der Waals surface area contributed by atoms with Gasteiger partial charge in [-0.2, -0.15) is 0 Å². The molecule has 2 aromatic rings. The van der Waals surface area contributed by atoms with Crippen LogP contribution in [0, 0.1) is 0 Å². The van der Waals surface area contributed by atoms with E-state index >= 15 is 0 Å². The van der Waals surface area contributed by atoms with Crippen LogP contribution < -0.4 is 4.90 Å². The first-order valence-corrected chi connectivity index (χ1v) is 9.77. The van der Waals surface area contributed by atoms with E-state index in [-0.39, 0.29) is 12.1 Å². The average Bonchev–Trinajstić information content (AvgIpc) is 3.16. The van der Waals surface area contributed by atoms with Gasteiger partial charge >= 0.3 is 5.97 Å². The van der Waals surface area contributed by atoms with E-state index < -0.39 is 0 Å². The van der Waals surface area contributed by atoms with Crippen LogP contribution >= 0.6 is 0 Å². The van der Waals surface area contributed by atoms with Crippen molar-refractivity contribution in [2.24, 2.45) is 0 Å². The van der Waals surface area contributed by atoms with Crippen molar-refractivity contribution in [2.45, 2.75) is 45.9 Å². The van der Waals surface area contributed by atoms with Crippen molar-refractivity contribution in [1.82, 2.24) is 9.88 Å². The first kappa shape index (κ1) is 19.4. The molecule has 1 atom stereocenters. The number of benzene rings is 1. The van der Waals surface area contributed by atoms with Gasteiger partial charge in [-0.3, -0.25) is 4.90 Å². The molecule has 1 aromatic carbocycles. The van der Waals surface area contributed by atoms with Crippen molar-refractivity contribution >= 4 is 11.8 Å². The zero-order chi connectivity index (χ0) is 19.2.